The number of hydrogen-bond donors (Lipinski definition) is 0. The maximum Gasteiger partial charge on any atom is 0.402 e. The first-order chi connectivity index (χ1) is 42.3. The molecule has 0 aliphatic carbocycles. The lowest BCUT2D eigenvalue weighted by Crippen LogP contribution is -2.44. The molecule has 0 amide bonds. The lowest BCUT2D eigenvalue weighted by Gasteiger charge is -2.29. The minimum atomic E-state index is -5.24. The Morgan fingerprint density at radius 1 is 0.268 bits per heavy atom. The highest BCUT2D eigenvalue weighted by Crippen LogP contribution is 2.49. The average Bonchev–Trinajstić information content (AvgIpc) is 0.810. The Labute approximate surface area is 565 Å². The highest BCUT2D eigenvalue weighted by molar-refractivity contribution is 4.84. The Kier molecular flexibility index (Phi) is 73.2. The molecular weight excluding hydrogens is 1370 g/mol. The molecule has 0 saturated heterocycles. The van der Waals surface area contributed by atoms with E-state index in [4.69, 9.17) is 0 Å². The molecule has 0 aliphatic rings. The Hall–Kier alpha value is -2.10. The van der Waals surface area contributed by atoms with Crippen LogP contribution in [0.4, 0.5) is 132 Å². The standard InChI is InChI=1S/2C6H8F6.2C6H11F3.3C6H14.C5H6F6.2C5H9F3.2C5H12/c1-4(6(10,11)12)2-3-5(7,8)9;1-2-3-4(5(7,8)9)6(10,11)12;1-3-4-5(2)6(7,8)9;1-2-3-4-5-6(7,8)9;1-5-6(2,3)4;1-5(2)6(3)4;1-4-6(3)5-2;1-3(2,4(6,7)8)5(9,10)11;1-4(2,3)5(6,7)8;1-3-4(2)5(6,7)8;1-4-5(2)3;1-3-5-4-2/h2*4H,2-3H2,1H3;5H,3-4H2,1-2H3;2-5H2,1H3;5H2,1-4H3;5-6H,1-4H3;6H,4-5H2,1-3H3;1-2H3;1-3H3;4H,3H2,1-2H3;5H,4H2,1-3H3;3-5H2,1-2H3/t4-;;5-;;;;;;;;;/m0.0........./s1. The number of hydrogen-bond acceptors (Lipinski definition) is 0. The van der Waals surface area contributed by atoms with Gasteiger partial charge in [-0.15, -0.1) is 0 Å². The summed E-state index contributed by atoms with van der Waals surface area (Å²) in [7, 11) is 0. The maximum absolute atomic E-state index is 11.7. The SMILES string of the molecule is CC(C)(C(F)(F)F)C(F)(F)F.CC(C)(C)C(F)(F)F.CC(C)C(C)C.CCC(C)(C)C.CCC(C)C.CCC(C)C(F)(F)F.CCC(C)CC.CCCC(C(F)(F)F)C(F)(F)F.CCCCC.CCCCCC(F)(F)F.CCC[C@H](C)C(F)(F)F.C[C@@H](CCC(F)(F)F)C(F)(F)F. The Balaban J connectivity index is -0.0000000821. The second kappa shape index (κ2) is 58.3. The smallest absolute Gasteiger partial charge is 0.171 e. The molecule has 1 unspecified atom stereocenters. The molecule has 0 N–H and O–H groups in total. The first-order valence-corrected chi connectivity index (χ1v) is 33.0. The summed E-state index contributed by atoms with van der Waals surface area (Å²) in [5.74, 6) is -3.82. The topological polar surface area (TPSA) is 0 Å². The quantitative estimate of drug-likeness (QED) is 0.107. The minimum Gasteiger partial charge on any atom is -0.171 e. The van der Waals surface area contributed by atoms with Gasteiger partial charge in [0.05, 0.1) is 23.2 Å². The van der Waals surface area contributed by atoms with E-state index in [9.17, 15) is 132 Å². The van der Waals surface area contributed by atoms with E-state index in [0.29, 0.717) is 18.3 Å². The lowest BCUT2D eigenvalue weighted by molar-refractivity contribution is -0.327. The zero-order chi connectivity index (χ0) is 81.8. The lowest BCUT2D eigenvalue weighted by atomic mass is 9.92. The molecule has 0 bridgehead atoms. The van der Waals surface area contributed by atoms with Crippen molar-refractivity contribution >= 4 is 0 Å². The monoisotopic (exact) mass is 1500 g/mol. The molecule has 30 heteroatoms. The van der Waals surface area contributed by atoms with Gasteiger partial charge in [0.2, 0.25) is 0 Å². The number of alkyl halides is 30. The fraction of sp³-hybridized carbons (Fsp3) is 1.00. The van der Waals surface area contributed by atoms with Crippen LogP contribution in [0.15, 0.2) is 0 Å². The van der Waals surface area contributed by atoms with Crippen LogP contribution >= 0.6 is 0 Å². The summed E-state index contributed by atoms with van der Waals surface area (Å²) in [4.78, 5) is 0. The van der Waals surface area contributed by atoms with Gasteiger partial charge in [0, 0.05) is 12.8 Å². The van der Waals surface area contributed by atoms with Gasteiger partial charge in [-0.25, -0.2) is 0 Å². The second-order valence-corrected chi connectivity index (χ2v) is 27.0. The third kappa shape index (κ3) is 98.1. The molecule has 0 aromatic carbocycles. The van der Waals surface area contributed by atoms with Crippen LogP contribution in [0.3, 0.4) is 0 Å². The number of rotatable bonds is 16. The summed E-state index contributed by atoms with van der Waals surface area (Å²) in [5, 5.41) is 0. The van der Waals surface area contributed by atoms with Gasteiger partial charge in [0.1, 0.15) is 0 Å². The maximum atomic E-state index is 11.7. The Morgan fingerprint density at radius 2 is 0.526 bits per heavy atom. The van der Waals surface area contributed by atoms with Gasteiger partial charge >= 0.3 is 61.8 Å². The zero-order valence-electron chi connectivity index (χ0n) is 63.2. The van der Waals surface area contributed by atoms with Crippen molar-refractivity contribution < 1.29 is 132 Å². The zero-order valence-corrected chi connectivity index (χ0v) is 63.2. The third-order valence-electron chi connectivity index (χ3n) is 13.9. The van der Waals surface area contributed by atoms with Crippen molar-refractivity contribution in [2.45, 2.75) is 371 Å². The minimum absolute atomic E-state index is 0.104. The van der Waals surface area contributed by atoms with E-state index in [1.54, 1.807) is 6.92 Å². The van der Waals surface area contributed by atoms with Crippen LogP contribution in [0.2, 0.25) is 0 Å². The molecule has 0 fully saturated rings. The average molecular weight is 1500 g/mol. The molecule has 0 nitrogen and oxygen atoms in total. The molecule has 0 aromatic heterocycles. The van der Waals surface area contributed by atoms with Crippen LogP contribution in [0.5, 0.6) is 0 Å². The van der Waals surface area contributed by atoms with Crippen molar-refractivity contribution in [3.8, 4) is 0 Å². The van der Waals surface area contributed by atoms with Gasteiger partial charge in [-0.1, -0.05) is 251 Å². The second-order valence-electron chi connectivity index (χ2n) is 27.0. The summed E-state index contributed by atoms with van der Waals surface area (Å²) in [6, 6.07) is 0. The summed E-state index contributed by atoms with van der Waals surface area (Å²) in [5.41, 5.74) is -4.65. The van der Waals surface area contributed by atoms with E-state index in [-0.39, 0.29) is 39.5 Å². The van der Waals surface area contributed by atoms with E-state index < -0.39 is 122 Å². The van der Waals surface area contributed by atoms with Gasteiger partial charge in [-0.2, -0.15) is 132 Å². The predicted octanol–water partition coefficient (Wildman–Crippen LogP) is 32.9. The molecule has 97 heavy (non-hydrogen) atoms. The molecule has 0 radical (unpaired) electrons. The van der Waals surface area contributed by atoms with Crippen molar-refractivity contribution in [3.05, 3.63) is 0 Å². The summed E-state index contributed by atoms with van der Waals surface area (Å²) in [6.07, 6.45) is -37.7. The number of unbranched alkanes of at least 4 members (excludes halogenated alkanes) is 4. The summed E-state index contributed by atoms with van der Waals surface area (Å²) < 4.78 is 347. The van der Waals surface area contributed by atoms with Crippen LogP contribution < -0.4 is 0 Å². The molecule has 3 atom stereocenters. The van der Waals surface area contributed by atoms with Crippen molar-refractivity contribution in [3.63, 3.8) is 0 Å². The molecule has 0 aliphatic heterocycles. The van der Waals surface area contributed by atoms with Crippen molar-refractivity contribution in [2.75, 3.05) is 0 Å². The van der Waals surface area contributed by atoms with Gasteiger partial charge in [-0.3, -0.25) is 0 Å². The molecule has 0 heterocycles. The van der Waals surface area contributed by atoms with Crippen LogP contribution in [-0.4, -0.2) is 61.8 Å². The Morgan fingerprint density at radius 3 is 0.608 bits per heavy atom. The van der Waals surface area contributed by atoms with Crippen molar-refractivity contribution in [1.29, 1.82) is 0 Å². The van der Waals surface area contributed by atoms with E-state index >= 15 is 0 Å². The molecule has 0 aromatic rings. The first-order valence-electron chi connectivity index (χ1n) is 33.0. The van der Waals surface area contributed by atoms with Gasteiger partial charge in [0.25, 0.3) is 0 Å². The molecule has 0 spiro atoms. The largest absolute Gasteiger partial charge is 0.402 e. The van der Waals surface area contributed by atoms with Gasteiger partial charge in [-0.05, 0) is 75.0 Å². The van der Waals surface area contributed by atoms with E-state index in [1.165, 1.54) is 72.6 Å². The first kappa shape index (κ1) is 122. The normalized spacial score (nSPS) is 13.5. The van der Waals surface area contributed by atoms with Crippen LogP contribution in [0, 0.1) is 63.6 Å². The predicted molar refractivity (Wildman–Crippen MR) is 338 cm³/mol. The van der Waals surface area contributed by atoms with Crippen LogP contribution in [-0.2, 0) is 0 Å². The van der Waals surface area contributed by atoms with Crippen molar-refractivity contribution in [2.24, 2.45) is 63.6 Å². The van der Waals surface area contributed by atoms with Gasteiger partial charge in [0.15, 0.2) is 11.3 Å². The fourth-order valence-corrected chi connectivity index (χ4v) is 3.55. The molecular formula is C67H128F30. The molecule has 606 valence electrons. The van der Waals surface area contributed by atoms with Crippen LogP contribution in [0.1, 0.15) is 309 Å². The third-order valence-corrected chi connectivity index (χ3v) is 13.9. The highest BCUT2D eigenvalue weighted by atomic mass is 19.5. The highest BCUT2D eigenvalue weighted by Gasteiger charge is 2.64. The fourth-order valence-electron chi connectivity index (χ4n) is 3.55. The van der Waals surface area contributed by atoms with Gasteiger partial charge < -0.3 is 0 Å². The summed E-state index contributed by atoms with van der Waals surface area (Å²) >= 11 is 0. The van der Waals surface area contributed by atoms with E-state index in [2.05, 4.69) is 111 Å². The number of halogens is 30. The van der Waals surface area contributed by atoms with Crippen molar-refractivity contribution in [1.82, 2.24) is 0 Å². The van der Waals surface area contributed by atoms with E-state index in [0.717, 1.165) is 57.8 Å². The summed E-state index contributed by atoms with van der Waals surface area (Å²) in [6.45, 7) is 48.9. The Bertz CT molecular complexity index is 1570. The molecule has 0 rings (SSSR count). The van der Waals surface area contributed by atoms with Crippen LogP contribution in [0.25, 0.3) is 0 Å². The molecule has 0 saturated carbocycles. The van der Waals surface area contributed by atoms with E-state index in [1.807, 2.05) is 6.92 Å².